The molecule has 2 saturated heterocycles. The average Bonchev–Trinajstić information content (AvgIpc) is 2.71. The number of likely N-dealkylation sites (tertiary alicyclic amines) is 2. The predicted octanol–water partition coefficient (Wildman–Crippen LogP) is 0.975. The minimum atomic E-state index is 0.253. The van der Waals surface area contributed by atoms with Crippen LogP contribution < -0.4 is 5.73 Å². The van der Waals surface area contributed by atoms with Gasteiger partial charge in [-0.2, -0.15) is 0 Å². The highest BCUT2D eigenvalue weighted by atomic mass is 16.2. The Labute approximate surface area is 126 Å². The number of piperidine rings is 2. The second kappa shape index (κ2) is 6.34. The van der Waals surface area contributed by atoms with Gasteiger partial charge in [0.15, 0.2) is 0 Å². The fourth-order valence-electron chi connectivity index (χ4n) is 4.15. The van der Waals surface area contributed by atoms with Crippen LogP contribution in [0.2, 0.25) is 0 Å². The number of nitrogens with two attached hydrogens (primary N) is 1. The highest BCUT2D eigenvalue weighted by molar-refractivity contribution is 5.77. The highest BCUT2D eigenvalue weighted by Crippen LogP contribution is 2.35. The van der Waals surface area contributed by atoms with E-state index >= 15 is 0 Å². The summed E-state index contributed by atoms with van der Waals surface area (Å²) in [5, 5.41) is 0. The fourth-order valence-corrected chi connectivity index (χ4v) is 4.15. The second-order valence-corrected chi connectivity index (χ2v) is 6.92. The predicted molar refractivity (Wildman–Crippen MR) is 80.4 cm³/mol. The van der Waals surface area contributed by atoms with Gasteiger partial charge in [-0.3, -0.25) is 9.59 Å². The quantitative estimate of drug-likeness (QED) is 0.840. The molecule has 0 radical (unpaired) electrons. The van der Waals surface area contributed by atoms with Gasteiger partial charge in [0.05, 0.1) is 0 Å². The van der Waals surface area contributed by atoms with Crippen molar-refractivity contribution in [1.82, 2.24) is 9.80 Å². The third-order valence-electron chi connectivity index (χ3n) is 5.50. The molecule has 2 amide bonds. The van der Waals surface area contributed by atoms with Crippen LogP contribution in [-0.4, -0.2) is 53.8 Å². The molecule has 1 saturated carbocycles. The van der Waals surface area contributed by atoms with Crippen LogP contribution in [0.3, 0.4) is 0 Å². The standard InChI is InChI=1S/C16H27N3O2/c17-16-12-6-7-13(16)11-19(10-12)15(21)5-3-9-18-8-2-1-4-14(18)20/h12-13,16H,1-11,17H2/t12-,13+,16?. The maximum absolute atomic E-state index is 12.3. The number of carbonyl (C=O) groups is 2. The lowest BCUT2D eigenvalue weighted by atomic mass is 9.93. The van der Waals surface area contributed by atoms with E-state index in [4.69, 9.17) is 5.73 Å². The van der Waals surface area contributed by atoms with Crippen molar-refractivity contribution in [1.29, 1.82) is 0 Å². The van der Waals surface area contributed by atoms with Gasteiger partial charge in [-0.1, -0.05) is 0 Å². The van der Waals surface area contributed by atoms with Crippen molar-refractivity contribution in [3.63, 3.8) is 0 Å². The molecule has 3 fully saturated rings. The maximum atomic E-state index is 12.3. The summed E-state index contributed by atoms with van der Waals surface area (Å²) in [6.07, 6.45) is 6.52. The molecule has 0 aromatic heterocycles. The van der Waals surface area contributed by atoms with Gasteiger partial charge in [0, 0.05) is 45.1 Å². The van der Waals surface area contributed by atoms with Gasteiger partial charge in [0.25, 0.3) is 0 Å². The zero-order valence-corrected chi connectivity index (χ0v) is 12.8. The van der Waals surface area contributed by atoms with Gasteiger partial charge in [0.2, 0.25) is 11.8 Å². The molecule has 5 nitrogen and oxygen atoms in total. The smallest absolute Gasteiger partial charge is 0.222 e. The Bertz CT molecular complexity index is 398. The Morgan fingerprint density at radius 2 is 1.90 bits per heavy atom. The number of nitrogens with zero attached hydrogens (tertiary/aromatic N) is 2. The van der Waals surface area contributed by atoms with Gasteiger partial charge in [0.1, 0.15) is 0 Å². The van der Waals surface area contributed by atoms with Crippen LogP contribution in [0.4, 0.5) is 0 Å². The van der Waals surface area contributed by atoms with E-state index in [0.717, 1.165) is 45.4 Å². The van der Waals surface area contributed by atoms with Crippen LogP contribution in [-0.2, 0) is 9.59 Å². The van der Waals surface area contributed by atoms with Crippen LogP contribution in [0.15, 0.2) is 0 Å². The molecular formula is C16H27N3O2. The van der Waals surface area contributed by atoms with Crippen molar-refractivity contribution in [3.8, 4) is 0 Å². The molecule has 2 N–H and O–H groups in total. The molecular weight excluding hydrogens is 266 g/mol. The molecule has 21 heavy (non-hydrogen) atoms. The molecule has 1 aliphatic carbocycles. The van der Waals surface area contributed by atoms with E-state index in [0.29, 0.717) is 30.7 Å². The molecule has 0 aromatic rings. The van der Waals surface area contributed by atoms with Crippen LogP contribution >= 0.6 is 0 Å². The van der Waals surface area contributed by atoms with Crippen LogP contribution in [0, 0.1) is 11.8 Å². The Morgan fingerprint density at radius 3 is 2.57 bits per heavy atom. The lowest BCUT2D eigenvalue weighted by Gasteiger charge is -2.36. The van der Waals surface area contributed by atoms with Crippen LogP contribution in [0.5, 0.6) is 0 Å². The first-order valence-electron chi connectivity index (χ1n) is 8.46. The van der Waals surface area contributed by atoms with E-state index in [-0.39, 0.29) is 11.8 Å². The molecule has 118 valence electrons. The van der Waals surface area contributed by atoms with E-state index in [9.17, 15) is 9.59 Å². The molecule has 3 atom stereocenters. The summed E-state index contributed by atoms with van der Waals surface area (Å²) in [5.74, 6) is 1.53. The first-order valence-corrected chi connectivity index (χ1v) is 8.46. The van der Waals surface area contributed by atoms with Crippen LogP contribution in [0.1, 0.15) is 44.9 Å². The summed E-state index contributed by atoms with van der Waals surface area (Å²) >= 11 is 0. The SMILES string of the molecule is NC1[C@@H]2CC[C@H]1CN(C(=O)CCCN1CCCCC1=O)C2. The van der Waals surface area contributed by atoms with E-state index in [1.807, 2.05) is 9.80 Å². The van der Waals surface area contributed by atoms with Gasteiger partial charge < -0.3 is 15.5 Å². The molecule has 3 rings (SSSR count). The first-order chi connectivity index (χ1) is 10.1. The Balaban J connectivity index is 1.41. The van der Waals surface area contributed by atoms with Crippen molar-refractivity contribution in [2.75, 3.05) is 26.2 Å². The van der Waals surface area contributed by atoms with E-state index in [1.54, 1.807) is 0 Å². The molecule has 5 heteroatoms. The van der Waals surface area contributed by atoms with Gasteiger partial charge >= 0.3 is 0 Å². The van der Waals surface area contributed by atoms with Crippen molar-refractivity contribution in [2.24, 2.45) is 17.6 Å². The molecule has 0 aromatic carbocycles. The largest absolute Gasteiger partial charge is 0.343 e. The zero-order chi connectivity index (χ0) is 14.8. The zero-order valence-electron chi connectivity index (χ0n) is 12.8. The number of rotatable bonds is 4. The normalized spacial score (nSPS) is 32.6. The first kappa shape index (κ1) is 14.8. The van der Waals surface area contributed by atoms with Crippen LogP contribution in [0.25, 0.3) is 0 Å². The third-order valence-corrected chi connectivity index (χ3v) is 5.50. The lowest BCUT2D eigenvalue weighted by Crippen LogP contribution is -2.50. The lowest BCUT2D eigenvalue weighted by molar-refractivity contribution is -0.136. The summed E-state index contributed by atoms with van der Waals surface area (Å²) in [5.41, 5.74) is 6.18. The number of carbonyl (C=O) groups excluding carboxylic acids is 2. The van der Waals surface area contributed by atoms with Crippen molar-refractivity contribution < 1.29 is 9.59 Å². The summed E-state index contributed by atoms with van der Waals surface area (Å²) in [7, 11) is 0. The molecule has 1 unspecified atom stereocenters. The van der Waals surface area contributed by atoms with E-state index in [2.05, 4.69) is 0 Å². The Hall–Kier alpha value is -1.10. The highest BCUT2D eigenvalue weighted by Gasteiger charge is 2.40. The summed E-state index contributed by atoms with van der Waals surface area (Å²) < 4.78 is 0. The van der Waals surface area contributed by atoms with Crippen molar-refractivity contribution in [2.45, 2.75) is 51.0 Å². The topological polar surface area (TPSA) is 66.6 Å². The maximum Gasteiger partial charge on any atom is 0.222 e. The van der Waals surface area contributed by atoms with Gasteiger partial charge in [-0.25, -0.2) is 0 Å². The number of fused-ring (bicyclic) bond motifs is 2. The monoisotopic (exact) mass is 293 g/mol. The van der Waals surface area contributed by atoms with Gasteiger partial charge in [-0.05, 0) is 43.9 Å². The average molecular weight is 293 g/mol. The molecule has 2 heterocycles. The molecule has 2 aliphatic heterocycles. The molecule has 0 spiro atoms. The number of amides is 2. The molecule has 3 aliphatic rings. The minimum absolute atomic E-state index is 0.253. The molecule has 2 bridgehead atoms. The van der Waals surface area contributed by atoms with Crippen molar-refractivity contribution in [3.05, 3.63) is 0 Å². The number of hydrogen-bond acceptors (Lipinski definition) is 3. The van der Waals surface area contributed by atoms with Gasteiger partial charge in [-0.15, -0.1) is 0 Å². The summed E-state index contributed by atoms with van der Waals surface area (Å²) in [6.45, 7) is 3.30. The van der Waals surface area contributed by atoms with E-state index < -0.39 is 0 Å². The number of hydrogen-bond donors (Lipinski definition) is 1. The van der Waals surface area contributed by atoms with Crippen molar-refractivity contribution >= 4 is 11.8 Å². The summed E-state index contributed by atoms with van der Waals surface area (Å²) in [4.78, 5) is 28.0. The third kappa shape index (κ3) is 3.23. The minimum Gasteiger partial charge on any atom is -0.343 e. The second-order valence-electron chi connectivity index (χ2n) is 6.92. The van der Waals surface area contributed by atoms with E-state index in [1.165, 1.54) is 12.8 Å². The summed E-state index contributed by atoms with van der Waals surface area (Å²) in [6, 6.07) is 0.306. The fraction of sp³-hybridized carbons (Fsp3) is 0.875. The Morgan fingerprint density at radius 1 is 1.19 bits per heavy atom. The Kier molecular flexibility index (Phi) is 4.48.